The molecule has 0 bridgehead atoms. The number of rotatable bonds is 3. The summed E-state index contributed by atoms with van der Waals surface area (Å²) in [5, 5.41) is 0.437. The zero-order valence-electron chi connectivity index (χ0n) is 10.6. The minimum absolute atomic E-state index is 0.0485. The first-order valence-electron chi connectivity index (χ1n) is 6.05. The summed E-state index contributed by atoms with van der Waals surface area (Å²) in [4.78, 5) is 11.7. The number of sulfonamides is 1. The van der Waals surface area contributed by atoms with Crippen molar-refractivity contribution >= 4 is 27.6 Å². The average molecular weight is 324 g/mol. The predicted molar refractivity (Wildman–Crippen MR) is 76.4 cm³/mol. The van der Waals surface area contributed by atoms with Crippen LogP contribution in [-0.2, 0) is 14.8 Å². The lowest BCUT2D eigenvalue weighted by atomic mass is 10.1. The van der Waals surface area contributed by atoms with Gasteiger partial charge in [0.2, 0.25) is 10.0 Å². The number of halogens is 1. The van der Waals surface area contributed by atoms with Gasteiger partial charge in [-0.15, -0.1) is 0 Å². The van der Waals surface area contributed by atoms with Crippen LogP contribution < -0.4 is 4.72 Å². The van der Waals surface area contributed by atoms with E-state index in [4.69, 9.17) is 16.3 Å². The van der Waals surface area contributed by atoms with Gasteiger partial charge in [-0.05, 0) is 30.3 Å². The van der Waals surface area contributed by atoms with E-state index < -0.39 is 22.2 Å². The minimum atomic E-state index is -3.81. The Hall–Kier alpha value is -1.89. The van der Waals surface area contributed by atoms with E-state index >= 15 is 0 Å². The fraction of sp³-hybridized carbons (Fsp3) is 0.0714. The molecule has 108 valence electrons. The molecule has 2 aromatic carbocycles. The van der Waals surface area contributed by atoms with Gasteiger partial charge in [-0.25, -0.2) is 13.2 Å². The molecule has 0 spiro atoms. The zero-order chi connectivity index (χ0) is 15.0. The summed E-state index contributed by atoms with van der Waals surface area (Å²) >= 11 is 5.73. The van der Waals surface area contributed by atoms with Gasteiger partial charge < -0.3 is 4.74 Å². The second-order valence-corrected chi connectivity index (χ2v) is 6.60. The third-order valence-electron chi connectivity index (χ3n) is 3.07. The Kier molecular flexibility index (Phi) is 3.44. The molecular weight excluding hydrogens is 314 g/mol. The molecule has 0 radical (unpaired) electrons. The Morgan fingerprint density at radius 2 is 1.71 bits per heavy atom. The molecule has 0 amide bonds. The third-order valence-corrected chi connectivity index (χ3v) is 4.74. The van der Waals surface area contributed by atoms with E-state index in [2.05, 4.69) is 4.72 Å². The van der Waals surface area contributed by atoms with Gasteiger partial charge in [-0.2, -0.15) is 4.72 Å². The number of cyclic esters (lactones) is 1. The largest absolute Gasteiger partial charge is 0.438 e. The molecule has 21 heavy (non-hydrogen) atoms. The van der Waals surface area contributed by atoms with Crippen LogP contribution in [0, 0.1) is 0 Å². The predicted octanol–water partition coefficient (Wildman–Crippen LogP) is 2.49. The number of carbonyl (C=O) groups is 1. The Morgan fingerprint density at radius 1 is 1.05 bits per heavy atom. The number of carbonyl (C=O) groups excluding carboxylic acids is 1. The number of hydrogen-bond acceptors (Lipinski definition) is 4. The highest BCUT2D eigenvalue weighted by molar-refractivity contribution is 7.89. The van der Waals surface area contributed by atoms with Crippen molar-refractivity contribution in [2.24, 2.45) is 0 Å². The van der Waals surface area contributed by atoms with Crippen molar-refractivity contribution < 1.29 is 17.9 Å². The molecule has 2 aromatic rings. The van der Waals surface area contributed by atoms with E-state index in [9.17, 15) is 13.2 Å². The fourth-order valence-electron chi connectivity index (χ4n) is 2.06. The second kappa shape index (κ2) is 5.14. The molecule has 7 heteroatoms. The highest BCUT2D eigenvalue weighted by atomic mass is 35.5. The first-order chi connectivity index (χ1) is 9.97. The molecule has 1 atom stereocenters. The van der Waals surface area contributed by atoms with Crippen LogP contribution in [0.3, 0.4) is 0 Å². The van der Waals surface area contributed by atoms with Crippen molar-refractivity contribution in [2.75, 3.05) is 0 Å². The molecule has 1 aliphatic rings. The van der Waals surface area contributed by atoms with Gasteiger partial charge in [0, 0.05) is 10.6 Å². The van der Waals surface area contributed by atoms with Crippen molar-refractivity contribution in [3.05, 3.63) is 64.7 Å². The van der Waals surface area contributed by atoms with Gasteiger partial charge in [0.15, 0.2) is 6.23 Å². The maximum atomic E-state index is 12.3. The lowest BCUT2D eigenvalue weighted by Gasteiger charge is -2.13. The summed E-state index contributed by atoms with van der Waals surface area (Å²) in [6.45, 7) is 0. The van der Waals surface area contributed by atoms with Crippen molar-refractivity contribution in [1.82, 2.24) is 4.72 Å². The Balaban J connectivity index is 1.91. The van der Waals surface area contributed by atoms with Crippen LogP contribution in [0.25, 0.3) is 0 Å². The van der Waals surface area contributed by atoms with Crippen LogP contribution in [-0.4, -0.2) is 14.4 Å². The monoisotopic (exact) mass is 323 g/mol. The van der Waals surface area contributed by atoms with Crippen LogP contribution in [0.5, 0.6) is 0 Å². The van der Waals surface area contributed by atoms with Crippen LogP contribution in [0.2, 0.25) is 5.02 Å². The number of esters is 1. The molecule has 1 N–H and O–H groups in total. The van der Waals surface area contributed by atoms with Gasteiger partial charge in [-0.1, -0.05) is 29.8 Å². The van der Waals surface area contributed by atoms with Crippen LogP contribution in [0.1, 0.15) is 22.1 Å². The SMILES string of the molecule is O=C1O[C@@H](NS(=O)(=O)c2ccc(Cl)cc2)c2ccccc21. The lowest BCUT2D eigenvalue weighted by molar-refractivity contribution is 0.0364. The van der Waals surface area contributed by atoms with Crippen LogP contribution >= 0.6 is 11.6 Å². The standard InChI is InChI=1S/C14H10ClNO4S/c15-9-5-7-10(8-6-9)21(18,19)16-13-11-3-1-2-4-12(11)14(17)20-13/h1-8,13,16H/t13-/m1/s1. The van der Waals surface area contributed by atoms with E-state index in [1.165, 1.54) is 24.3 Å². The van der Waals surface area contributed by atoms with E-state index in [1.54, 1.807) is 24.3 Å². The Morgan fingerprint density at radius 3 is 2.43 bits per heavy atom. The maximum absolute atomic E-state index is 12.3. The molecule has 1 heterocycles. The number of ether oxygens (including phenoxy) is 1. The number of fused-ring (bicyclic) bond motifs is 1. The smallest absolute Gasteiger partial charge is 0.340 e. The summed E-state index contributed by atoms with van der Waals surface area (Å²) < 4.78 is 32.0. The average Bonchev–Trinajstić information content (AvgIpc) is 2.76. The summed E-state index contributed by atoms with van der Waals surface area (Å²) in [5.74, 6) is -0.547. The van der Waals surface area contributed by atoms with Crippen molar-refractivity contribution in [2.45, 2.75) is 11.1 Å². The second-order valence-electron chi connectivity index (χ2n) is 4.45. The molecule has 5 nitrogen and oxygen atoms in total. The zero-order valence-corrected chi connectivity index (χ0v) is 12.2. The van der Waals surface area contributed by atoms with Gasteiger partial charge in [0.05, 0.1) is 10.5 Å². The van der Waals surface area contributed by atoms with E-state index in [1.807, 2.05) is 0 Å². The molecule has 0 saturated heterocycles. The number of nitrogens with one attached hydrogen (secondary N) is 1. The minimum Gasteiger partial charge on any atom is -0.438 e. The topological polar surface area (TPSA) is 72.5 Å². The maximum Gasteiger partial charge on any atom is 0.340 e. The van der Waals surface area contributed by atoms with Crippen molar-refractivity contribution in [3.8, 4) is 0 Å². The summed E-state index contributed by atoms with van der Waals surface area (Å²) in [7, 11) is -3.81. The van der Waals surface area contributed by atoms with E-state index in [0.29, 0.717) is 16.1 Å². The quantitative estimate of drug-likeness (QED) is 0.881. The fourth-order valence-corrected chi connectivity index (χ4v) is 3.27. The summed E-state index contributed by atoms with van der Waals surface area (Å²) in [6, 6.07) is 12.4. The molecule has 1 aliphatic heterocycles. The highest BCUT2D eigenvalue weighted by Crippen LogP contribution is 2.29. The molecule has 0 unspecified atom stereocenters. The van der Waals surface area contributed by atoms with Crippen molar-refractivity contribution in [1.29, 1.82) is 0 Å². The van der Waals surface area contributed by atoms with Gasteiger partial charge in [0.25, 0.3) is 0 Å². The first-order valence-corrected chi connectivity index (χ1v) is 7.91. The summed E-state index contributed by atoms with van der Waals surface area (Å²) in [5.41, 5.74) is 0.862. The Bertz CT molecular complexity index is 802. The first kappa shape index (κ1) is 14.1. The highest BCUT2D eigenvalue weighted by Gasteiger charge is 2.33. The Labute approximate surface area is 126 Å². The molecule has 0 aliphatic carbocycles. The van der Waals surface area contributed by atoms with Gasteiger partial charge >= 0.3 is 5.97 Å². The number of hydrogen-bond donors (Lipinski definition) is 1. The molecule has 0 saturated carbocycles. The van der Waals surface area contributed by atoms with Crippen molar-refractivity contribution in [3.63, 3.8) is 0 Å². The van der Waals surface area contributed by atoms with Crippen LogP contribution in [0.4, 0.5) is 0 Å². The third kappa shape index (κ3) is 2.65. The molecule has 3 rings (SSSR count). The molecule has 0 aromatic heterocycles. The van der Waals surface area contributed by atoms with Gasteiger partial charge in [-0.3, -0.25) is 0 Å². The van der Waals surface area contributed by atoms with E-state index in [-0.39, 0.29) is 4.90 Å². The van der Waals surface area contributed by atoms with E-state index in [0.717, 1.165) is 0 Å². The van der Waals surface area contributed by atoms with Gasteiger partial charge in [0.1, 0.15) is 0 Å². The molecule has 0 fully saturated rings. The van der Waals surface area contributed by atoms with Crippen LogP contribution in [0.15, 0.2) is 53.4 Å². The molecular formula is C14H10ClNO4S. The number of benzene rings is 2. The normalized spacial score (nSPS) is 17.4. The summed E-state index contributed by atoms with van der Waals surface area (Å²) in [6.07, 6.45) is -1.02. The lowest BCUT2D eigenvalue weighted by Crippen LogP contribution is -2.28.